The highest BCUT2D eigenvalue weighted by atomic mass is 16.5. The number of aliphatic hydroxyl groups is 1. The predicted octanol–water partition coefficient (Wildman–Crippen LogP) is -0.423. The van der Waals surface area contributed by atoms with Gasteiger partial charge in [-0.3, -0.25) is 4.79 Å². The van der Waals surface area contributed by atoms with Crippen molar-refractivity contribution in [3.8, 4) is 0 Å². The van der Waals surface area contributed by atoms with E-state index in [4.69, 9.17) is 5.11 Å². The number of carbonyl (C=O) groups excluding carboxylic acids is 2. The molecule has 7 heteroatoms. The van der Waals surface area contributed by atoms with Crippen LogP contribution in [0.3, 0.4) is 0 Å². The van der Waals surface area contributed by atoms with Crippen molar-refractivity contribution >= 4 is 17.8 Å². The molecule has 0 radical (unpaired) electrons. The van der Waals surface area contributed by atoms with E-state index in [0.717, 1.165) is 7.11 Å². The number of rotatable bonds is 6. The molecule has 7 nitrogen and oxygen atoms in total. The van der Waals surface area contributed by atoms with Crippen molar-refractivity contribution in [1.29, 1.82) is 0 Å². The molecular weight excluding hydrogens is 266 g/mol. The van der Waals surface area contributed by atoms with Crippen LogP contribution in [0.25, 0.3) is 0 Å². The van der Waals surface area contributed by atoms with Crippen LogP contribution in [-0.4, -0.2) is 47.8 Å². The molecule has 1 aromatic rings. The minimum absolute atomic E-state index is 0.0381. The van der Waals surface area contributed by atoms with E-state index in [1.165, 1.54) is 12.1 Å². The molecule has 1 rings (SSSR count). The minimum Gasteiger partial charge on any atom is -0.478 e. The summed E-state index contributed by atoms with van der Waals surface area (Å²) in [6, 6.07) is 6.11. The summed E-state index contributed by atoms with van der Waals surface area (Å²) < 4.78 is 4.30. The summed E-state index contributed by atoms with van der Waals surface area (Å²) in [7, 11) is 1.12. The van der Waals surface area contributed by atoms with E-state index in [9.17, 15) is 19.5 Å². The molecule has 1 amide bonds. The van der Waals surface area contributed by atoms with Crippen LogP contribution in [0.1, 0.15) is 15.9 Å². The highest BCUT2D eigenvalue weighted by Crippen LogP contribution is 2.09. The van der Waals surface area contributed by atoms with Gasteiger partial charge in [-0.2, -0.15) is 0 Å². The van der Waals surface area contributed by atoms with E-state index in [1.54, 1.807) is 12.1 Å². The summed E-state index contributed by atoms with van der Waals surface area (Å²) >= 11 is 0. The summed E-state index contributed by atoms with van der Waals surface area (Å²) in [6.45, 7) is -0.291. The fourth-order valence-corrected chi connectivity index (χ4v) is 1.55. The molecule has 0 aliphatic rings. The number of esters is 1. The zero-order valence-electron chi connectivity index (χ0n) is 10.8. The summed E-state index contributed by atoms with van der Waals surface area (Å²) in [5.41, 5.74) is 0.390. The molecule has 0 aliphatic heterocycles. The standard InChI is InChI=1S/C13H15NO6/c1-20-13(19)10(15)7-14-11(16)6-8-4-2-3-5-9(8)12(17)18/h2-5,10,15H,6-7H2,1H3,(H,14,16)(H,17,18). The van der Waals surface area contributed by atoms with Gasteiger partial charge in [0, 0.05) is 0 Å². The highest BCUT2D eigenvalue weighted by Gasteiger charge is 2.17. The molecule has 3 N–H and O–H groups in total. The number of carboxylic acid groups (broad SMARTS) is 1. The number of ether oxygens (including phenoxy) is 1. The third-order valence-electron chi connectivity index (χ3n) is 2.56. The molecule has 0 aromatic heterocycles. The van der Waals surface area contributed by atoms with Crippen LogP contribution < -0.4 is 5.32 Å². The lowest BCUT2D eigenvalue weighted by molar-refractivity contribution is -0.150. The smallest absolute Gasteiger partial charge is 0.336 e. The second kappa shape index (κ2) is 7.25. The normalized spacial score (nSPS) is 11.5. The van der Waals surface area contributed by atoms with E-state index in [-0.39, 0.29) is 18.5 Å². The molecule has 1 unspecified atom stereocenters. The summed E-state index contributed by atoms with van der Waals surface area (Å²) in [4.78, 5) is 33.5. The maximum atomic E-state index is 11.6. The third-order valence-corrected chi connectivity index (χ3v) is 2.56. The Morgan fingerprint density at radius 1 is 1.30 bits per heavy atom. The molecule has 1 atom stereocenters. The Hall–Kier alpha value is -2.41. The van der Waals surface area contributed by atoms with Gasteiger partial charge in [0.1, 0.15) is 0 Å². The number of amides is 1. The van der Waals surface area contributed by atoms with Gasteiger partial charge in [-0.25, -0.2) is 9.59 Å². The maximum absolute atomic E-state index is 11.6. The number of hydrogen-bond donors (Lipinski definition) is 3. The van der Waals surface area contributed by atoms with Gasteiger partial charge < -0.3 is 20.3 Å². The Bertz CT molecular complexity index is 513. The van der Waals surface area contributed by atoms with Crippen LogP contribution in [-0.2, 0) is 20.7 Å². The second-order valence-electron chi connectivity index (χ2n) is 3.98. The molecule has 0 heterocycles. The van der Waals surface area contributed by atoms with Gasteiger partial charge >= 0.3 is 11.9 Å². The molecular formula is C13H15NO6. The quantitative estimate of drug-likeness (QED) is 0.610. The molecule has 0 fully saturated rings. The second-order valence-corrected chi connectivity index (χ2v) is 3.98. The Morgan fingerprint density at radius 2 is 1.95 bits per heavy atom. The topological polar surface area (TPSA) is 113 Å². The van der Waals surface area contributed by atoms with Crippen molar-refractivity contribution in [2.75, 3.05) is 13.7 Å². The van der Waals surface area contributed by atoms with Crippen LogP contribution in [0.2, 0.25) is 0 Å². The van der Waals surface area contributed by atoms with E-state index >= 15 is 0 Å². The van der Waals surface area contributed by atoms with Crippen LogP contribution >= 0.6 is 0 Å². The van der Waals surface area contributed by atoms with Gasteiger partial charge in [0.15, 0.2) is 6.10 Å². The SMILES string of the molecule is COC(=O)C(O)CNC(=O)Cc1ccccc1C(=O)O. The largest absolute Gasteiger partial charge is 0.478 e. The maximum Gasteiger partial charge on any atom is 0.336 e. The van der Waals surface area contributed by atoms with Crippen LogP contribution in [0, 0.1) is 0 Å². The number of aromatic carboxylic acids is 1. The number of hydrogen-bond acceptors (Lipinski definition) is 5. The third kappa shape index (κ3) is 4.36. The van der Waals surface area contributed by atoms with Gasteiger partial charge in [-0.1, -0.05) is 18.2 Å². The zero-order chi connectivity index (χ0) is 15.1. The number of methoxy groups -OCH3 is 1. The summed E-state index contributed by atoms with van der Waals surface area (Å²) in [6.07, 6.45) is -1.60. The van der Waals surface area contributed by atoms with E-state index in [1.807, 2.05) is 0 Å². The van der Waals surface area contributed by atoms with E-state index in [2.05, 4.69) is 10.1 Å². The first-order valence-electron chi connectivity index (χ1n) is 5.79. The van der Waals surface area contributed by atoms with Gasteiger partial charge in [0.05, 0.1) is 25.6 Å². The van der Waals surface area contributed by atoms with Crippen molar-refractivity contribution in [3.05, 3.63) is 35.4 Å². The molecule has 0 spiro atoms. The van der Waals surface area contributed by atoms with Gasteiger partial charge in [0.2, 0.25) is 5.91 Å². The van der Waals surface area contributed by atoms with Crippen molar-refractivity contribution in [1.82, 2.24) is 5.32 Å². The van der Waals surface area contributed by atoms with Crippen LogP contribution in [0.4, 0.5) is 0 Å². The summed E-state index contributed by atoms with van der Waals surface area (Å²) in [5.74, 6) is -2.47. The van der Waals surface area contributed by atoms with E-state index < -0.39 is 23.9 Å². The molecule has 108 valence electrons. The van der Waals surface area contributed by atoms with Crippen molar-refractivity contribution in [3.63, 3.8) is 0 Å². The van der Waals surface area contributed by atoms with E-state index in [0.29, 0.717) is 5.56 Å². The molecule has 0 saturated heterocycles. The average Bonchev–Trinajstić information content (AvgIpc) is 2.44. The number of benzene rings is 1. The number of carboxylic acids is 1. The van der Waals surface area contributed by atoms with Gasteiger partial charge in [0.25, 0.3) is 0 Å². The Labute approximate surface area is 115 Å². The van der Waals surface area contributed by atoms with Crippen molar-refractivity contribution < 1.29 is 29.3 Å². The predicted molar refractivity (Wildman–Crippen MR) is 68.1 cm³/mol. The number of aliphatic hydroxyl groups excluding tert-OH is 1. The first-order valence-corrected chi connectivity index (χ1v) is 5.79. The molecule has 0 bridgehead atoms. The lowest BCUT2D eigenvalue weighted by Gasteiger charge is -2.10. The Kier molecular flexibility index (Phi) is 5.67. The first kappa shape index (κ1) is 15.6. The average molecular weight is 281 g/mol. The first-order chi connectivity index (χ1) is 9.45. The van der Waals surface area contributed by atoms with Crippen LogP contribution in [0.5, 0.6) is 0 Å². The molecule has 20 heavy (non-hydrogen) atoms. The fourth-order valence-electron chi connectivity index (χ4n) is 1.55. The lowest BCUT2D eigenvalue weighted by atomic mass is 10.0. The Balaban J connectivity index is 2.59. The minimum atomic E-state index is -1.45. The molecule has 0 saturated carbocycles. The Morgan fingerprint density at radius 3 is 2.55 bits per heavy atom. The summed E-state index contributed by atoms with van der Waals surface area (Å²) in [5, 5.41) is 20.6. The fraction of sp³-hybridized carbons (Fsp3) is 0.308. The molecule has 0 aliphatic carbocycles. The van der Waals surface area contributed by atoms with Crippen molar-refractivity contribution in [2.24, 2.45) is 0 Å². The van der Waals surface area contributed by atoms with Crippen LogP contribution in [0.15, 0.2) is 24.3 Å². The highest BCUT2D eigenvalue weighted by molar-refractivity contribution is 5.91. The monoisotopic (exact) mass is 281 g/mol. The lowest BCUT2D eigenvalue weighted by Crippen LogP contribution is -2.38. The van der Waals surface area contributed by atoms with Gasteiger partial charge in [-0.05, 0) is 11.6 Å². The number of nitrogens with one attached hydrogen (secondary N) is 1. The van der Waals surface area contributed by atoms with Crippen molar-refractivity contribution in [2.45, 2.75) is 12.5 Å². The zero-order valence-corrected chi connectivity index (χ0v) is 10.8. The van der Waals surface area contributed by atoms with Gasteiger partial charge in [-0.15, -0.1) is 0 Å². The molecule has 1 aromatic carbocycles. The number of carbonyl (C=O) groups is 3.